The summed E-state index contributed by atoms with van der Waals surface area (Å²) in [6, 6.07) is 14.1. The normalized spacial score (nSPS) is 10.6. The summed E-state index contributed by atoms with van der Waals surface area (Å²) in [6.45, 7) is 6.20. The molecule has 2 aromatic carbocycles. The Kier molecular flexibility index (Phi) is 4.73. The van der Waals surface area contributed by atoms with Crippen molar-refractivity contribution in [3.8, 4) is 0 Å². The fraction of sp³-hybridized carbons (Fsp3) is 0.316. The van der Waals surface area contributed by atoms with Crippen molar-refractivity contribution in [2.75, 3.05) is 0 Å². The van der Waals surface area contributed by atoms with E-state index >= 15 is 0 Å². The Bertz CT molecular complexity index is 594. The molecule has 0 aliphatic heterocycles. The van der Waals surface area contributed by atoms with E-state index in [0.717, 1.165) is 28.7 Å². The van der Waals surface area contributed by atoms with Crippen molar-refractivity contribution >= 4 is 5.78 Å². The molecule has 0 bridgehead atoms. The topological polar surface area (TPSA) is 17.1 Å². The molecule has 0 spiro atoms. The van der Waals surface area contributed by atoms with Crippen LogP contribution < -0.4 is 0 Å². The van der Waals surface area contributed by atoms with E-state index in [1.54, 1.807) is 0 Å². The number of carbonyl (C=O) groups excluding carboxylic acids is 1. The highest BCUT2D eigenvalue weighted by Crippen LogP contribution is 2.17. The monoisotopic (exact) mass is 266 g/mol. The molecule has 0 saturated heterocycles. The zero-order valence-corrected chi connectivity index (χ0v) is 12.6. The van der Waals surface area contributed by atoms with Crippen LogP contribution in [0.2, 0.25) is 0 Å². The number of rotatable bonds is 5. The maximum Gasteiger partial charge on any atom is 0.193 e. The van der Waals surface area contributed by atoms with E-state index in [0.29, 0.717) is 0 Å². The maximum absolute atomic E-state index is 12.5. The van der Waals surface area contributed by atoms with Crippen LogP contribution in [0.4, 0.5) is 0 Å². The molecule has 1 nitrogen and oxygen atoms in total. The minimum Gasteiger partial charge on any atom is -0.289 e. The zero-order valence-electron chi connectivity index (χ0n) is 12.6. The van der Waals surface area contributed by atoms with Crippen LogP contribution in [0.15, 0.2) is 42.5 Å². The molecule has 0 amide bonds. The lowest BCUT2D eigenvalue weighted by atomic mass is 9.96. The molecule has 0 fully saturated rings. The Morgan fingerprint density at radius 1 is 1.00 bits per heavy atom. The van der Waals surface area contributed by atoms with Crippen molar-refractivity contribution in [3.63, 3.8) is 0 Å². The van der Waals surface area contributed by atoms with Gasteiger partial charge in [-0.1, -0.05) is 55.3 Å². The molecule has 0 aliphatic carbocycles. The Hall–Kier alpha value is -1.89. The molecule has 0 heterocycles. The summed E-state index contributed by atoms with van der Waals surface area (Å²) in [5.74, 6) is 0.119. The molecule has 0 atom stereocenters. The van der Waals surface area contributed by atoms with Gasteiger partial charge in [-0.25, -0.2) is 0 Å². The average Bonchev–Trinajstić information content (AvgIpc) is 2.47. The molecule has 104 valence electrons. The minimum absolute atomic E-state index is 0.119. The first-order valence-corrected chi connectivity index (χ1v) is 7.32. The summed E-state index contributed by atoms with van der Waals surface area (Å²) >= 11 is 0. The summed E-state index contributed by atoms with van der Waals surface area (Å²) in [7, 11) is 0. The van der Waals surface area contributed by atoms with Crippen LogP contribution in [0.1, 0.15) is 52.4 Å². The van der Waals surface area contributed by atoms with Crippen LogP contribution in [-0.2, 0) is 6.42 Å². The highest BCUT2D eigenvalue weighted by molar-refractivity contribution is 6.10. The molecule has 0 N–H and O–H groups in total. The average molecular weight is 266 g/mol. The van der Waals surface area contributed by atoms with Gasteiger partial charge in [0, 0.05) is 11.1 Å². The summed E-state index contributed by atoms with van der Waals surface area (Å²) in [6.07, 6.45) is 3.49. The lowest BCUT2D eigenvalue weighted by Crippen LogP contribution is -2.04. The largest absolute Gasteiger partial charge is 0.289 e. The molecule has 1 heteroatoms. The third-order valence-electron chi connectivity index (χ3n) is 3.67. The molecule has 0 aromatic heterocycles. The van der Waals surface area contributed by atoms with Crippen molar-refractivity contribution in [1.29, 1.82) is 0 Å². The summed E-state index contributed by atoms with van der Waals surface area (Å²) in [5.41, 5.74) is 5.06. The van der Waals surface area contributed by atoms with Gasteiger partial charge in [-0.15, -0.1) is 0 Å². The second-order valence-corrected chi connectivity index (χ2v) is 5.45. The van der Waals surface area contributed by atoms with Crippen molar-refractivity contribution < 1.29 is 4.79 Å². The molecule has 20 heavy (non-hydrogen) atoms. The number of aryl methyl sites for hydroxylation is 3. The first-order valence-electron chi connectivity index (χ1n) is 7.32. The van der Waals surface area contributed by atoms with E-state index in [4.69, 9.17) is 0 Å². The van der Waals surface area contributed by atoms with Crippen LogP contribution in [0.3, 0.4) is 0 Å². The highest BCUT2D eigenvalue weighted by atomic mass is 16.1. The lowest BCUT2D eigenvalue weighted by molar-refractivity contribution is 0.103. The third-order valence-corrected chi connectivity index (χ3v) is 3.67. The number of hydrogen-bond acceptors (Lipinski definition) is 1. The quantitative estimate of drug-likeness (QED) is 0.705. The van der Waals surface area contributed by atoms with E-state index in [-0.39, 0.29) is 5.78 Å². The maximum atomic E-state index is 12.5. The second-order valence-electron chi connectivity index (χ2n) is 5.45. The Morgan fingerprint density at radius 2 is 1.70 bits per heavy atom. The number of unbranched alkanes of at least 4 members (excludes halogenated alkanes) is 1. The van der Waals surface area contributed by atoms with Crippen molar-refractivity contribution in [1.82, 2.24) is 0 Å². The van der Waals surface area contributed by atoms with E-state index in [1.165, 1.54) is 18.4 Å². The summed E-state index contributed by atoms with van der Waals surface area (Å²) in [5, 5.41) is 0. The van der Waals surface area contributed by atoms with Crippen LogP contribution in [0, 0.1) is 13.8 Å². The van der Waals surface area contributed by atoms with Gasteiger partial charge in [0.15, 0.2) is 5.78 Å². The molecular formula is C19H22O. The predicted molar refractivity (Wildman–Crippen MR) is 84.4 cm³/mol. The molecule has 2 rings (SSSR count). The van der Waals surface area contributed by atoms with E-state index in [9.17, 15) is 4.79 Å². The molecular weight excluding hydrogens is 244 g/mol. The Balaban J connectivity index is 2.22. The van der Waals surface area contributed by atoms with Gasteiger partial charge in [0.25, 0.3) is 0 Å². The van der Waals surface area contributed by atoms with E-state index in [1.807, 2.05) is 44.2 Å². The van der Waals surface area contributed by atoms with Gasteiger partial charge in [0.05, 0.1) is 0 Å². The number of benzene rings is 2. The van der Waals surface area contributed by atoms with Gasteiger partial charge in [-0.3, -0.25) is 4.79 Å². The minimum atomic E-state index is 0.119. The standard InChI is InChI=1S/C19H22O/c1-4-5-6-16-9-11-17(12-10-16)19(20)18-13-14(2)7-8-15(18)3/h7-13H,4-6H2,1-3H3. The summed E-state index contributed by atoms with van der Waals surface area (Å²) < 4.78 is 0. The van der Waals surface area contributed by atoms with Gasteiger partial charge in [0.1, 0.15) is 0 Å². The molecule has 0 saturated carbocycles. The van der Waals surface area contributed by atoms with E-state index < -0.39 is 0 Å². The number of carbonyl (C=O) groups is 1. The van der Waals surface area contributed by atoms with Crippen molar-refractivity contribution in [2.24, 2.45) is 0 Å². The van der Waals surface area contributed by atoms with Crippen LogP contribution in [-0.4, -0.2) is 5.78 Å². The molecule has 2 aromatic rings. The highest BCUT2D eigenvalue weighted by Gasteiger charge is 2.11. The number of ketones is 1. The molecule has 0 radical (unpaired) electrons. The van der Waals surface area contributed by atoms with Gasteiger partial charge in [-0.2, -0.15) is 0 Å². The number of hydrogen-bond donors (Lipinski definition) is 0. The van der Waals surface area contributed by atoms with Crippen molar-refractivity contribution in [3.05, 3.63) is 70.3 Å². The van der Waals surface area contributed by atoms with Gasteiger partial charge in [-0.05, 0) is 43.9 Å². The fourth-order valence-corrected chi connectivity index (χ4v) is 2.34. The van der Waals surface area contributed by atoms with E-state index in [2.05, 4.69) is 19.1 Å². The van der Waals surface area contributed by atoms with Crippen LogP contribution in [0.5, 0.6) is 0 Å². The third kappa shape index (κ3) is 3.36. The van der Waals surface area contributed by atoms with Crippen LogP contribution in [0.25, 0.3) is 0 Å². The second kappa shape index (κ2) is 6.51. The van der Waals surface area contributed by atoms with Gasteiger partial charge >= 0.3 is 0 Å². The smallest absolute Gasteiger partial charge is 0.193 e. The zero-order chi connectivity index (χ0) is 14.5. The first kappa shape index (κ1) is 14.5. The summed E-state index contributed by atoms with van der Waals surface area (Å²) in [4.78, 5) is 12.5. The van der Waals surface area contributed by atoms with Gasteiger partial charge < -0.3 is 0 Å². The lowest BCUT2D eigenvalue weighted by Gasteiger charge is -2.07. The van der Waals surface area contributed by atoms with Crippen LogP contribution >= 0.6 is 0 Å². The molecule has 0 aliphatic rings. The Morgan fingerprint density at radius 3 is 2.35 bits per heavy atom. The SMILES string of the molecule is CCCCc1ccc(C(=O)c2cc(C)ccc2C)cc1. The van der Waals surface area contributed by atoms with Crippen molar-refractivity contribution in [2.45, 2.75) is 40.0 Å². The molecule has 0 unspecified atom stereocenters. The Labute approximate surface area is 121 Å². The first-order chi connectivity index (χ1) is 9.61. The fourth-order valence-electron chi connectivity index (χ4n) is 2.34. The van der Waals surface area contributed by atoms with Gasteiger partial charge in [0.2, 0.25) is 0 Å². The predicted octanol–water partition coefficient (Wildman–Crippen LogP) is 4.88.